The Morgan fingerprint density at radius 3 is 2.73 bits per heavy atom. The maximum atomic E-state index is 12.5. The number of piperazine rings is 1. The van der Waals surface area contributed by atoms with E-state index in [9.17, 15) is 4.79 Å². The van der Waals surface area contributed by atoms with Crippen LogP contribution in [0.4, 0.5) is 5.69 Å². The van der Waals surface area contributed by atoms with E-state index in [-0.39, 0.29) is 12.5 Å². The maximum absolute atomic E-state index is 12.5. The first kappa shape index (κ1) is 23.7. The van der Waals surface area contributed by atoms with Gasteiger partial charge in [0.1, 0.15) is 18.1 Å². The average Bonchev–Trinajstić information content (AvgIpc) is 2.85. The molecule has 1 fully saturated rings. The van der Waals surface area contributed by atoms with Crippen molar-refractivity contribution >= 4 is 40.9 Å². The molecule has 4 rings (SSSR count). The summed E-state index contributed by atoms with van der Waals surface area (Å²) in [4.78, 5) is 17.3. The van der Waals surface area contributed by atoms with Crippen LogP contribution in [0.15, 0.2) is 42.0 Å². The molecule has 1 amide bonds. The van der Waals surface area contributed by atoms with Gasteiger partial charge in [-0.15, -0.1) is 0 Å². The van der Waals surface area contributed by atoms with Crippen molar-refractivity contribution in [3.8, 4) is 11.5 Å². The van der Waals surface area contributed by atoms with Crippen LogP contribution in [0.5, 0.6) is 11.5 Å². The van der Waals surface area contributed by atoms with Crippen molar-refractivity contribution in [3.63, 3.8) is 0 Å². The Balaban J connectivity index is 1.16. The third-order valence-corrected chi connectivity index (χ3v) is 6.86. The monoisotopic (exact) mass is 489 g/mol. The molecule has 176 valence electrons. The number of unbranched alkanes of at least 4 members (excludes halogenated alkanes) is 1. The lowest BCUT2D eigenvalue weighted by molar-refractivity contribution is -0.117. The summed E-state index contributed by atoms with van der Waals surface area (Å²) >= 11 is 12.5. The molecule has 2 aliphatic rings. The zero-order chi connectivity index (χ0) is 23.2. The summed E-state index contributed by atoms with van der Waals surface area (Å²) in [5.41, 5.74) is 2.50. The Morgan fingerprint density at radius 1 is 1.12 bits per heavy atom. The van der Waals surface area contributed by atoms with Gasteiger partial charge in [-0.3, -0.25) is 9.69 Å². The molecule has 0 aliphatic carbocycles. The van der Waals surface area contributed by atoms with Crippen LogP contribution in [0.25, 0.3) is 6.08 Å². The van der Waals surface area contributed by atoms with E-state index >= 15 is 0 Å². The van der Waals surface area contributed by atoms with Crippen molar-refractivity contribution in [1.82, 2.24) is 10.2 Å². The van der Waals surface area contributed by atoms with Crippen LogP contribution in [-0.4, -0.2) is 63.8 Å². The number of fused-ring (bicyclic) bond motifs is 1. The molecule has 0 radical (unpaired) electrons. The van der Waals surface area contributed by atoms with Gasteiger partial charge in [0, 0.05) is 38.3 Å². The molecule has 0 aromatic heterocycles. The number of rotatable bonds is 8. The van der Waals surface area contributed by atoms with Crippen LogP contribution >= 0.6 is 23.2 Å². The summed E-state index contributed by atoms with van der Waals surface area (Å²) in [6.45, 7) is 5.79. The van der Waals surface area contributed by atoms with E-state index in [4.69, 9.17) is 32.7 Å². The summed E-state index contributed by atoms with van der Waals surface area (Å²) in [5.74, 6) is 1.44. The van der Waals surface area contributed by atoms with Gasteiger partial charge in [-0.2, -0.15) is 0 Å². The number of carbonyl (C=O) groups excluding carboxylic acids is 1. The number of benzene rings is 2. The average molecular weight is 490 g/mol. The number of anilines is 1. The Morgan fingerprint density at radius 2 is 1.94 bits per heavy atom. The van der Waals surface area contributed by atoms with Crippen molar-refractivity contribution in [2.24, 2.45) is 0 Å². The Labute approximate surface area is 205 Å². The zero-order valence-corrected chi connectivity index (χ0v) is 20.3. The van der Waals surface area contributed by atoms with E-state index in [1.807, 2.05) is 42.5 Å². The fourth-order valence-electron chi connectivity index (χ4n) is 4.14. The van der Waals surface area contributed by atoms with Gasteiger partial charge in [0.15, 0.2) is 0 Å². The number of nitrogens with one attached hydrogen (secondary N) is 1. The second-order valence-corrected chi connectivity index (χ2v) is 9.01. The van der Waals surface area contributed by atoms with Crippen LogP contribution in [-0.2, 0) is 4.79 Å². The summed E-state index contributed by atoms with van der Waals surface area (Å²) in [7, 11) is 1.62. The second kappa shape index (κ2) is 11.1. The van der Waals surface area contributed by atoms with Crippen LogP contribution in [0.1, 0.15) is 18.4 Å². The number of ether oxygens (including phenoxy) is 2. The maximum Gasteiger partial charge on any atom is 0.250 e. The summed E-state index contributed by atoms with van der Waals surface area (Å²) < 4.78 is 11.0. The SMILES string of the molecule is COc1ccc2c(c1)C=C(C(=O)NCCCCN1CCN(c3cccc(Cl)c3Cl)CC1)CO2. The molecule has 2 aromatic rings. The highest BCUT2D eigenvalue weighted by Crippen LogP contribution is 2.33. The summed E-state index contributed by atoms with van der Waals surface area (Å²) in [5, 5.41) is 4.24. The molecule has 0 saturated carbocycles. The highest BCUT2D eigenvalue weighted by atomic mass is 35.5. The topological polar surface area (TPSA) is 54.0 Å². The minimum atomic E-state index is -0.0736. The van der Waals surface area contributed by atoms with E-state index in [2.05, 4.69) is 15.1 Å². The fourth-order valence-corrected chi connectivity index (χ4v) is 4.55. The normalized spacial score (nSPS) is 16.0. The predicted molar refractivity (Wildman–Crippen MR) is 134 cm³/mol. The first-order chi connectivity index (χ1) is 16.0. The second-order valence-electron chi connectivity index (χ2n) is 8.23. The van der Waals surface area contributed by atoms with Gasteiger partial charge in [0.2, 0.25) is 0 Å². The third-order valence-electron chi connectivity index (χ3n) is 6.05. The lowest BCUT2D eigenvalue weighted by Gasteiger charge is -2.36. The van der Waals surface area contributed by atoms with E-state index in [0.29, 0.717) is 22.2 Å². The highest BCUT2D eigenvalue weighted by molar-refractivity contribution is 6.43. The van der Waals surface area contributed by atoms with Gasteiger partial charge in [0.05, 0.1) is 28.4 Å². The minimum absolute atomic E-state index is 0.0736. The smallest absolute Gasteiger partial charge is 0.250 e. The third kappa shape index (κ3) is 5.94. The van der Waals surface area contributed by atoms with Crippen LogP contribution in [0, 0.1) is 0 Å². The molecule has 2 aromatic carbocycles. The molecular formula is C25H29Cl2N3O3. The fraction of sp³-hybridized carbons (Fsp3) is 0.400. The van der Waals surface area contributed by atoms with E-state index < -0.39 is 0 Å². The van der Waals surface area contributed by atoms with Crippen molar-refractivity contribution in [1.29, 1.82) is 0 Å². The molecule has 0 bridgehead atoms. The van der Waals surface area contributed by atoms with E-state index in [1.54, 1.807) is 7.11 Å². The lowest BCUT2D eigenvalue weighted by atomic mass is 10.1. The number of hydrogen-bond acceptors (Lipinski definition) is 5. The Kier molecular flexibility index (Phi) is 8.02. The van der Waals surface area contributed by atoms with Gasteiger partial charge < -0.3 is 19.7 Å². The number of hydrogen-bond donors (Lipinski definition) is 1. The van der Waals surface area contributed by atoms with Crippen molar-refractivity contribution in [2.45, 2.75) is 12.8 Å². The van der Waals surface area contributed by atoms with Crippen LogP contribution in [0.3, 0.4) is 0 Å². The molecule has 33 heavy (non-hydrogen) atoms. The van der Waals surface area contributed by atoms with Gasteiger partial charge in [-0.1, -0.05) is 29.3 Å². The van der Waals surface area contributed by atoms with Crippen LogP contribution in [0.2, 0.25) is 10.0 Å². The Hall–Kier alpha value is -2.41. The molecule has 1 saturated heterocycles. The van der Waals surface area contributed by atoms with Gasteiger partial charge in [-0.25, -0.2) is 0 Å². The minimum Gasteiger partial charge on any atom is -0.497 e. The van der Waals surface area contributed by atoms with Gasteiger partial charge in [0.25, 0.3) is 5.91 Å². The quantitative estimate of drug-likeness (QED) is 0.553. The molecule has 0 atom stereocenters. The molecule has 8 heteroatoms. The molecule has 0 unspecified atom stereocenters. The number of halogens is 2. The van der Waals surface area contributed by atoms with Gasteiger partial charge >= 0.3 is 0 Å². The molecule has 2 aliphatic heterocycles. The summed E-state index contributed by atoms with van der Waals surface area (Å²) in [6, 6.07) is 11.4. The number of carbonyl (C=O) groups is 1. The lowest BCUT2D eigenvalue weighted by Crippen LogP contribution is -2.46. The van der Waals surface area contributed by atoms with Crippen molar-refractivity contribution in [3.05, 3.63) is 57.6 Å². The molecule has 6 nitrogen and oxygen atoms in total. The Bertz CT molecular complexity index is 1020. The first-order valence-corrected chi connectivity index (χ1v) is 12.0. The number of methoxy groups -OCH3 is 1. The highest BCUT2D eigenvalue weighted by Gasteiger charge is 2.20. The standard InChI is InChI=1S/C25H29Cl2N3O3/c1-32-20-7-8-23-18(16-20)15-19(17-33-23)25(31)28-9-2-3-10-29-11-13-30(14-12-29)22-6-4-5-21(26)24(22)27/h4-8,15-16H,2-3,9-14,17H2,1H3,(H,28,31). The predicted octanol–water partition coefficient (Wildman–Crippen LogP) is 4.50. The summed E-state index contributed by atoms with van der Waals surface area (Å²) in [6.07, 6.45) is 3.85. The van der Waals surface area contributed by atoms with Crippen molar-refractivity contribution < 1.29 is 14.3 Å². The zero-order valence-electron chi connectivity index (χ0n) is 18.8. The van der Waals surface area contributed by atoms with E-state index in [1.165, 1.54) is 0 Å². The molecular weight excluding hydrogens is 461 g/mol. The first-order valence-electron chi connectivity index (χ1n) is 11.3. The van der Waals surface area contributed by atoms with Crippen LogP contribution < -0.4 is 19.7 Å². The largest absolute Gasteiger partial charge is 0.497 e. The molecule has 1 N–H and O–H groups in total. The number of amides is 1. The number of nitrogens with zero attached hydrogens (tertiary/aromatic N) is 2. The molecule has 0 spiro atoms. The van der Waals surface area contributed by atoms with Gasteiger partial charge in [-0.05, 0) is 55.8 Å². The van der Waals surface area contributed by atoms with E-state index in [0.717, 1.165) is 68.3 Å². The molecule has 2 heterocycles. The van der Waals surface area contributed by atoms with Crippen molar-refractivity contribution in [2.75, 3.05) is 57.9 Å².